The Labute approximate surface area is 163 Å². The molecule has 6 nitrogen and oxygen atoms in total. The highest BCUT2D eigenvalue weighted by atomic mass is 16.6. The predicted molar refractivity (Wildman–Crippen MR) is 101 cm³/mol. The molecule has 3 heterocycles. The van der Waals surface area contributed by atoms with E-state index in [-0.39, 0.29) is 36.3 Å². The van der Waals surface area contributed by atoms with Gasteiger partial charge in [-0.3, -0.25) is 0 Å². The van der Waals surface area contributed by atoms with Gasteiger partial charge in [0.15, 0.2) is 0 Å². The van der Waals surface area contributed by atoms with E-state index in [1.165, 1.54) is 6.08 Å². The van der Waals surface area contributed by atoms with Gasteiger partial charge < -0.3 is 18.6 Å². The Morgan fingerprint density at radius 2 is 2.32 bits per heavy atom. The summed E-state index contributed by atoms with van der Waals surface area (Å²) in [5.41, 5.74) is 1.28. The van der Waals surface area contributed by atoms with Crippen LogP contribution in [0.4, 0.5) is 0 Å². The summed E-state index contributed by atoms with van der Waals surface area (Å²) in [4.78, 5) is 24.0. The quantitative estimate of drug-likeness (QED) is 0.342. The molecule has 0 bridgehead atoms. The molecule has 6 heteroatoms. The molecule has 0 spiro atoms. The van der Waals surface area contributed by atoms with E-state index in [9.17, 15) is 9.59 Å². The van der Waals surface area contributed by atoms with Crippen molar-refractivity contribution in [1.82, 2.24) is 0 Å². The molecule has 2 aliphatic heterocycles. The normalized spacial score (nSPS) is 34.2. The fourth-order valence-corrected chi connectivity index (χ4v) is 4.00. The third-order valence-electron chi connectivity index (χ3n) is 5.77. The molecule has 0 radical (unpaired) electrons. The highest BCUT2D eigenvalue weighted by Gasteiger charge is 2.61. The standard InChI is InChI=1S/C22H24O6/c1-14-17-9-7-15(13-26-18(23)10-8-16-6-4-12-25-16)5-3-11-22(2)20(28-22)19(17)27-21(14)24/h4-6,8,10,12,17,19-20H,1,3,7,9,11,13H2,2H3/b10-8+,15-5+/t17-,19-,20-,22+/m0/s1. The molecule has 1 aromatic heterocycles. The largest absolute Gasteiger partial charge is 0.465 e. The predicted octanol–water partition coefficient (Wildman–Crippen LogP) is 3.59. The molecule has 4 atom stereocenters. The molecule has 3 aliphatic rings. The molecule has 2 fully saturated rings. The molecule has 4 rings (SSSR count). The molecule has 0 aromatic carbocycles. The molecule has 2 saturated heterocycles. The van der Waals surface area contributed by atoms with Crippen LogP contribution in [-0.4, -0.2) is 36.4 Å². The smallest absolute Gasteiger partial charge is 0.334 e. The van der Waals surface area contributed by atoms with Gasteiger partial charge in [-0.2, -0.15) is 0 Å². The van der Waals surface area contributed by atoms with Crippen LogP contribution in [0.15, 0.2) is 52.7 Å². The summed E-state index contributed by atoms with van der Waals surface area (Å²) in [6.07, 6.45) is 9.37. The maximum absolute atomic E-state index is 12.0. The average Bonchev–Trinajstić information content (AvgIpc) is 2.99. The van der Waals surface area contributed by atoms with Crippen LogP contribution in [-0.2, 0) is 23.8 Å². The first kappa shape index (κ1) is 18.7. The molecule has 1 aromatic rings. The van der Waals surface area contributed by atoms with Gasteiger partial charge in [0.2, 0.25) is 0 Å². The number of allylic oxidation sites excluding steroid dienone is 1. The number of carbonyl (C=O) groups is 2. The lowest BCUT2D eigenvalue weighted by molar-refractivity contribution is -0.140. The van der Waals surface area contributed by atoms with Crippen molar-refractivity contribution in [3.63, 3.8) is 0 Å². The van der Waals surface area contributed by atoms with Crippen LogP contribution >= 0.6 is 0 Å². The van der Waals surface area contributed by atoms with Gasteiger partial charge in [-0.05, 0) is 56.4 Å². The van der Waals surface area contributed by atoms with Crippen molar-refractivity contribution in [2.45, 2.75) is 50.4 Å². The first-order chi connectivity index (χ1) is 13.5. The highest BCUT2D eigenvalue weighted by molar-refractivity contribution is 5.91. The van der Waals surface area contributed by atoms with Crippen LogP contribution in [0.5, 0.6) is 0 Å². The van der Waals surface area contributed by atoms with Gasteiger partial charge in [0, 0.05) is 17.6 Å². The number of hydrogen-bond acceptors (Lipinski definition) is 6. The van der Waals surface area contributed by atoms with Crippen LogP contribution in [0, 0.1) is 5.92 Å². The minimum atomic E-state index is -0.423. The van der Waals surface area contributed by atoms with Gasteiger partial charge >= 0.3 is 11.9 Å². The highest BCUT2D eigenvalue weighted by Crippen LogP contribution is 2.49. The van der Waals surface area contributed by atoms with Crippen molar-refractivity contribution >= 4 is 18.0 Å². The summed E-state index contributed by atoms with van der Waals surface area (Å²) in [5, 5.41) is 0. The number of fused-ring (bicyclic) bond motifs is 3. The third kappa shape index (κ3) is 3.83. The number of epoxide rings is 1. The fraction of sp³-hybridized carbons (Fsp3) is 0.455. The van der Waals surface area contributed by atoms with Gasteiger partial charge in [0.25, 0.3) is 0 Å². The van der Waals surface area contributed by atoms with Crippen molar-refractivity contribution in [1.29, 1.82) is 0 Å². The Hall–Kier alpha value is -2.60. The lowest BCUT2D eigenvalue weighted by atomic mass is 9.84. The molecule has 0 unspecified atom stereocenters. The number of rotatable bonds is 4. The fourth-order valence-electron chi connectivity index (χ4n) is 4.00. The van der Waals surface area contributed by atoms with Crippen LogP contribution in [0.25, 0.3) is 6.08 Å². The summed E-state index contributed by atoms with van der Waals surface area (Å²) in [6.45, 7) is 6.19. The zero-order valence-electron chi connectivity index (χ0n) is 15.9. The number of carbonyl (C=O) groups excluding carboxylic acids is 2. The Balaban J connectivity index is 1.39. The molecule has 28 heavy (non-hydrogen) atoms. The van der Waals surface area contributed by atoms with E-state index >= 15 is 0 Å². The summed E-state index contributed by atoms with van der Waals surface area (Å²) in [7, 11) is 0. The number of ether oxygens (including phenoxy) is 3. The lowest BCUT2D eigenvalue weighted by Crippen LogP contribution is -2.29. The second-order valence-corrected chi connectivity index (χ2v) is 7.75. The first-order valence-electron chi connectivity index (χ1n) is 9.60. The number of esters is 2. The van der Waals surface area contributed by atoms with Gasteiger partial charge in [-0.15, -0.1) is 0 Å². The summed E-state index contributed by atoms with van der Waals surface area (Å²) in [5.74, 6) is -0.214. The Morgan fingerprint density at radius 1 is 1.46 bits per heavy atom. The Bertz CT molecular complexity index is 833. The molecular weight excluding hydrogens is 360 g/mol. The van der Waals surface area contributed by atoms with Gasteiger partial charge in [-0.1, -0.05) is 12.7 Å². The number of hydrogen-bond donors (Lipinski definition) is 0. The Morgan fingerprint density at radius 3 is 3.11 bits per heavy atom. The molecule has 0 amide bonds. The average molecular weight is 384 g/mol. The van der Waals surface area contributed by atoms with Gasteiger partial charge in [0.05, 0.1) is 11.9 Å². The van der Waals surface area contributed by atoms with Crippen molar-refractivity contribution in [2.24, 2.45) is 5.92 Å². The van der Waals surface area contributed by atoms with Crippen LogP contribution in [0.1, 0.15) is 38.4 Å². The van der Waals surface area contributed by atoms with Crippen molar-refractivity contribution < 1.29 is 28.2 Å². The van der Waals surface area contributed by atoms with E-state index in [2.05, 4.69) is 19.6 Å². The molecular formula is C22H24O6. The number of furan rings is 1. The lowest BCUT2D eigenvalue weighted by Gasteiger charge is -2.20. The molecule has 0 saturated carbocycles. The van der Waals surface area contributed by atoms with Crippen LogP contribution < -0.4 is 0 Å². The maximum Gasteiger partial charge on any atom is 0.334 e. The van der Waals surface area contributed by atoms with Crippen LogP contribution in [0.3, 0.4) is 0 Å². The topological polar surface area (TPSA) is 78.3 Å². The summed E-state index contributed by atoms with van der Waals surface area (Å²) < 4.78 is 22.0. The monoisotopic (exact) mass is 384 g/mol. The zero-order chi connectivity index (χ0) is 19.7. The maximum atomic E-state index is 12.0. The molecule has 0 N–H and O–H groups in total. The summed E-state index contributed by atoms with van der Waals surface area (Å²) >= 11 is 0. The third-order valence-corrected chi connectivity index (χ3v) is 5.77. The summed E-state index contributed by atoms with van der Waals surface area (Å²) in [6, 6.07) is 3.51. The molecule has 1 aliphatic carbocycles. The van der Waals surface area contributed by atoms with Crippen molar-refractivity contribution in [2.75, 3.05) is 6.61 Å². The van der Waals surface area contributed by atoms with Crippen LogP contribution in [0.2, 0.25) is 0 Å². The zero-order valence-corrected chi connectivity index (χ0v) is 15.9. The van der Waals surface area contributed by atoms with Crippen molar-refractivity contribution in [3.05, 3.63) is 54.0 Å². The van der Waals surface area contributed by atoms with Gasteiger partial charge in [-0.25, -0.2) is 9.59 Å². The Kier molecular flexibility index (Phi) is 4.98. The van der Waals surface area contributed by atoms with E-state index in [0.717, 1.165) is 31.3 Å². The second-order valence-electron chi connectivity index (χ2n) is 7.75. The molecule has 148 valence electrons. The minimum Gasteiger partial charge on any atom is -0.465 e. The van der Waals surface area contributed by atoms with E-state index in [1.54, 1.807) is 24.5 Å². The van der Waals surface area contributed by atoms with E-state index in [0.29, 0.717) is 11.3 Å². The second kappa shape index (κ2) is 7.43. The SMILES string of the molecule is C=C1C(=O)O[C@H]2[C@H]1CC/C(COC(=O)/C=C/c1ccco1)=C\CC[C@@]1(C)O[C@@H]21. The van der Waals surface area contributed by atoms with E-state index in [4.69, 9.17) is 18.6 Å². The van der Waals surface area contributed by atoms with Crippen molar-refractivity contribution in [3.8, 4) is 0 Å². The minimum absolute atomic E-state index is 0.0554. The van der Waals surface area contributed by atoms with E-state index < -0.39 is 5.97 Å². The first-order valence-corrected chi connectivity index (χ1v) is 9.60. The van der Waals surface area contributed by atoms with E-state index in [1.807, 2.05) is 0 Å². The van der Waals surface area contributed by atoms with Gasteiger partial charge in [0.1, 0.15) is 24.6 Å².